The average molecular weight is 406 g/mol. The van der Waals surface area contributed by atoms with Gasteiger partial charge in [-0.3, -0.25) is 14.9 Å². The fraction of sp³-hybridized carbons (Fsp3) is 0.150. The number of carbonyl (C=O) groups is 1. The molecule has 0 saturated heterocycles. The third-order valence-corrected chi connectivity index (χ3v) is 4.86. The van der Waals surface area contributed by atoms with E-state index >= 15 is 0 Å². The van der Waals surface area contributed by atoms with Crippen molar-refractivity contribution in [2.24, 2.45) is 5.73 Å². The van der Waals surface area contributed by atoms with Crippen molar-refractivity contribution >= 4 is 17.5 Å². The lowest BCUT2D eigenvalue weighted by Crippen LogP contribution is -2.31. The zero-order valence-corrected chi connectivity index (χ0v) is 16.2. The number of nitrogens with zero attached hydrogens (tertiary/aromatic N) is 4. The minimum atomic E-state index is -0.752. The van der Waals surface area contributed by atoms with E-state index in [4.69, 9.17) is 10.5 Å². The molecule has 30 heavy (non-hydrogen) atoms. The molecule has 2 aromatic carbocycles. The number of rotatable bonds is 5. The second-order valence-electron chi connectivity index (χ2n) is 6.71. The fourth-order valence-electron chi connectivity index (χ4n) is 3.45. The van der Waals surface area contributed by atoms with E-state index < -0.39 is 16.9 Å². The summed E-state index contributed by atoms with van der Waals surface area (Å²) in [6.45, 7) is 1.70. The number of allylic oxidation sites excluding steroid dienone is 1. The summed E-state index contributed by atoms with van der Waals surface area (Å²) in [5.41, 5.74) is 7.58. The van der Waals surface area contributed by atoms with Crippen molar-refractivity contribution < 1.29 is 14.5 Å². The summed E-state index contributed by atoms with van der Waals surface area (Å²) in [6, 6.07) is 12.5. The number of hydrogen-bond acceptors (Lipinski definition) is 7. The van der Waals surface area contributed by atoms with Crippen molar-refractivity contribution in [2.75, 3.05) is 12.4 Å². The highest BCUT2D eigenvalue weighted by molar-refractivity contribution is 5.95. The Morgan fingerprint density at radius 1 is 1.27 bits per heavy atom. The van der Waals surface area contributed by atoms with Gasteiger partial charge in [0.15, 0.2) is 5.82 Å². The maximum Gasteiger partial charge on any atom is 0.269 e. The molecule has 3 aromatic rings. The second-order valence-corrected chi connectivity index (χ2v) is 6.71. The number of non-ortho nitro benzene ring substituents is 1. The summed E-state index contributed by atoms with van der Waals surface area (Å²) < 4.78 is 6.69. The number of nitro groups is 1. The Balaban J connectivity index is 1.86. The van der Waals surface area contributed by atoms with Gasteiger partial charge < -0.3 is 15.8 Å². The maximum absolute atomic E-state index is 12.2. The summed E-state index contributed by atoms with van der Waals surface area (Å²) in [6.07, 6.45) is 0. The number of carbonyl (C=O) groups excluding carboxylic acids is 1. The van der Waals surface area contributed by atoms with Crippen LogP contribution in [0.15, 0.2) is 59.8 Å². The van der Waals surface area contributed by atoms with Crippen molar-refractivity contribution in [2.45, 2.75) is 13.0 Å². The Labute approximate surface area is 171 Å². The van der Waals surface area contributed by atoms with Crippen molar-refractivity contribution in [3.63, 3.8) is 0 Å². The zero-order valence-electron chi connectivity index (χ0n) is 16.2. The highest BCUT2D eigenvalue weighted by Gasteiger charge is 2.34. The highest BCUT2D eigenvalue weighted by atomic mass is 16.6. The van der Waals surface area contributed by atoms with Gasteiger partial charge in [-0.1, -0.05) is 12.1 Å². The number of hydrogen-bond donors (Lipinski definition) is 2. The standard InChI is InChI=1S/C20H18N6O4/c1-11-16(18(21)27)17(13-4-3-5-14(10-13)26(28)29)25-20(22-11)23-19(24-25)12-6-8-15(30-2)9-7-12/h3-10,17H,1-2H3,(H2,21,27)(H,22,23,24). The van der Waals surface area contributed by atoms with Crippen LogP contribution >= 0.6 is 0 Å². The summed E-state index contributed by atoms with van der Waals surface area (Å²) >= 11 is 0. The topological polar surface area (TPSA) is 138 Å². The molecule has 1 unspecified atom stereocenters. The average Bonchev–Trinajstić information content (AvgIpc) is 3.16. The molecule has 10 nitrogen and oxygen atoms in total. The molecule has 1 aliphatic rings. The van der Waals surface area contributed by atoms with Gasteiger partial charge in [-0.25, -0.2) is 4.68 Å². The number of nitro benzene ring substituents is 1. The molecular weight excluding hydrogens is 388 g/mol. The van der Waals surface area contributed by atoms with Gasteiger partial charge in [0.2, 0.25) is 11.9 Å². The van der Waals surface area contributed by atoms with Crippen molar-refractivity contribution in [1.29, 1.82) is 0 Å². The van der Waals surface area contributed by atoms with Gasteiger partial charge in [0, 0.05) is 23.4 Å². The molecule has 0 saturated carbocycles. The van der Waals surface area contributed by atoms with E-state index in [0.29, 0.717) is 28.8 Å². The number of nitrogens with two attached hydrogens (primary N) is 1. The summed E-state index contributed by atoms with van der Waals surface area (Å²) in [4.78, 5) is 27.5. The number of amides is 1. The van der Waals surface area contributed by atoms with Crippen LogP contribution in [0, 0.1) is 10.1 Å². The first-order valence-corrected chi connectivity index (χ1v) is 9.02. The molecule has 3 N–H and O–H groups in total. The number of anilines is 1. The number of aromatic nitrogens is 3. The first kappa shape index (κ1) is 19.1. The van der Waals surface area contributed by atoms with E-state index in [1.165, 1.54) is 16.8 Å². The van der Waals surface area contributed by atoms with Crippen molar-refractivity contribution in [3.05, 3.63) is 75.5 Å². The van der Waals surface area contributed by atoms with Crippen LogP contribution in [0.3, 0.4) is 0 Å². The highest BCUT2D eigenvalue weighted by Crippen LogP contribution is 2.37. The number of primary amides is 1. The van der Waals surface area contributed by atoms with Crippen molar-refractivity contribution in [1.82, 2.24) is 14.8 Å². The monoisotopic (exact) mass is 406 g/mol. The van der Waals surface area contributed by atoms with E-state index in [2.05, 4.69) is 15.4 Å². The Morgan fingerprint density at radius 3 is 2.63 bits per heavy atom. The molecule has 0 fully saturated rings. The molecule has 1 aromatic heterocycles. The summed E-state index contributed by atoms with van der Waals surface area (Å²) in [5.74, 6) is 0.876. The van der Waals surface area contributed by atoms with E-state index in [1.54, 1.807) is 38.3 Å². The first-order chi connectivity index (χ1) is 14.4. The van der Waals surface area contributed by atoms with Crippen molar-refractivity contribution in [3.8, 4) is 17.1 Å². The molecule has 4 rings (SSSR count). The van der Waals surface area contributed by atoms with Gasteiger partial charge in [-0.15, -0.1) is 5.10 Å². The largest absolute Gasteiger partial charge is 0.497 e. The smallest absolute Gasteiger partial charge is 0.269 e. The van der Waals surface area contributed by atoms with Crippen LogP contribution in [0.25, 0.3) is 11.4 Å². The summed E-state index contributed by atoms with van der Waals surface area (Å²) in [5, 5.41) is 18.9. The second kappa shape index (κ2) is 7.32. The SMILES string of the molecule is COc1ccc(-c2nc3n(n2)C(c2cccc([N+](=O)[O-])c2)C(C(N)=O)=C(C)N3)cc1. The van der Waals surface area contributed by atoms with Gasteiger partial charge in [0.25, 0.3) is 5.69 Å². The van der Waals surface area contributed by atoms with Gasteiger partial charge in [0.05, 0.1) is 17.6 Å². The van der Waals surface area contributed by atoms with Crippen LogP contribution in [-0.2, 0) is 4.79 Å². The normalized spacial score (nSPS) is 15.3. The minimum absolute atomic E-state index is 0.0930. The van der Waals surface area contributed by atoms with Gasteiger partial charge >= 0.3 is 0 Å². The lowest BCUT2D eigenvalue weighted by molar-refractivity contribution is -0.384. The van der Waals surface area contributed by atoms with E-state index in [0.717, 1.165) is 5.56 Å². The van der Waals surface area contributed by atoms with Crippen LogP contribution in [0.4, 0.5) is 11.6 Å². The third-order valence-electron chi connectivity index (χ3n) is 4.86. The lowest BCUT2D eigenvalue weighted by atomic mass is 9.95. The molecule has 10 heteroatoms. The molecule has 152 valence electrons. The number of methoxy groups -OCH3 is 1. The molecule has 2 heterocycles. The number of benzene rings is 2. The van der Waals surface area contributed by atoms with Crippen LogP contribution in [0.2, 0.25) is 0 Å². The Kier molecular flexibility index (Phi) is 4.66. The quantitative estimate of drug-likeness (QED) is 0.490. The fourth-order valence-corrected chi connectivity index (χ4v) is 3.45. The Bertz CT molecular complexity index is 1180. The van der Waals surface area contributed by atoms with E-state index in [1.807, 2.05) is 12.1 Å². The molecule has 0 radical (unpaired) electrons. The predicted molar refractivity (Wildman–Crippen MR) is 109 cm³/mol. The molecule has 0 aliphatic carbocycles. The molecule has 0 spiro atoms. The van der Waals surface area contributed by atoms with Gasteiger partial charge in [0.1, 0.15) is 11.8 Å². The molecule has 1 amide bonds. The predicted octanol–water partition coefficient (Wildman–Crippen LogP) is 2.64. The molecule has 1 atom stereocenters. The zero-order chi connectivity index (χ0) is 21.4. The Morgan fingerprint density at radius 2 is 2.00 bits per heavy atom. The first-order valence-electron chi connectivity index (χ1n) is 9.02. The number of fused-ring (bicyclic) bond motifs is 1. The van der Waals surface area contributed by atoms with E-state index in [9.17, 15) is 14.9 Å². The maximum atomic E-state index is 12.2. The molecule has 1 aliphatic heterocycles. The molecular formula is C20H18N6O4. The van der Waals surface area contributed by atoms with Crippen LogP contribution in [-0.4, -0.2) is 32.7 Å². The number of ether oxygens (including phenoxy) is 1. The Hall–Kier alpha value is -4.21. The number of nitrogens with one attached hydrogen (secondary N) is 1. The van der Waals surface area contributed by atoms with Crippen LogP contribution in [0.1, 0.15) is 18.5 Å². The van der Waals surface area contributed by atoms with Crippen LogP contribution in [0.5, 0.6) is 5.75 Å². The summed E-state index contributed by atoms with van der Waals surface area (Å²) in [7, 11) is 1.58. The van der Waals surface area contributed by atoms with Crippen LogP contribution < -0.4 is 15.8 Å². The minimum Gasteiger partial charge on any atom is -0.497 e. The lowest BCUT2D eigenvalue weighted by Gasteiger charge is -2.27. The third kappa shape index (κ3) is 3.24. The van der Waals surface area contributed by atoms with Gasteiger partial charge in [-0.05, 0) is 36.8 Å². The molecule has 0 bridgehead atoms. The van der Waals surface area contributed by atoms with E-state index in [-0.39, 0.29) is 11.3 Å². The van der Waals surface area contributed by atoms with Gasteiger partial charge in [-0.2, -0.15) is 4.98 Å².